The Morgan fingerprint density at radius 1 is 1.11 bits per heavy atom. The number of fused-ring (bicyclic) bond motifs is 1. The largest absolute Gasteiger partial charge is 0.339 e. The van der Waals surface area contributed by atoms with E-state index in [1.807, 2.05) is 25.1 Å². The van der Waals surface area contributed by atoms with E-state index in [9.17, 15) is 4.79 Å². The summed E-state index contributed by atoms with van der Waals surface area (Å²) < 4.78 is 0. The summed E-state index contributed by atoms with van der Waals surface area (Å²) in [6.07, 6.45) is 0.841. The first kappa shape index (κ1) is 16.7. The van der Waals surface area contributed by atoms with Gasteiger partial charge in [0.2, 0.25) is 0 Å². The average molecular weight is 355 g/mol. The van der Waals surface area contributed by atoms with Crippen LogP contribution in [0.25, 0.3) is 0 Å². The summed E-state index contributed by atoms with van der Waals surface area (Å²) in [6, 6.07) is 20.5. The Hall–Kier alpha value is -3.72. The van der Waals surface area contributed by atoms with Crippen molar-refractivity contribution in [3.63, 3.8) is 0 Å². The SMILES string of the molecule is CC1Cc2ccccc2N1C(=O)c1ccc(Nc2ccc(C#N)cc2)nn1. The number of hydrogen-bond acceptors (Lipinski definition) is 5. The van der Waals surface area contributed by atoms with E-state index in [1.54, 1.807) is 41.3 Å². The van der Waals surface area contributed by atoms with Gasteiger partial charge in [-0.1, -0.05) is 18.2 Å². The quantitative estimate of drug-likeness (QED) is 0.775. The van der Waals surface area contributed by atoms with Gasteiger partial charge in [-0.2, -0.15) is 5.26 Å². The molecule has 0 radical (unpaired) electrons. The monoisotopic (exact) mass is 355 g/mol. The zero-order chi connectivity index (χ0) is 18.8. The number of para-hydroxylation sites is 1. The molecule has 4 rings (SSSR count). The molecule has 0 fully saturated rings. The molecule has 1 amide bonds. The Bertz CT molecular complexity index is 1020. The molecule has 2 heterocycles. The number of rotatable bonds is 3. The lowest BCUT2D eigenvalue weighted by molar-refractivity contribution is 0.0975. The molecule has 0 aliphatic carbocycles. The molecule has 27 heavy (non-hydrogen) atoms. The predicted octanol–water partition coefficient (Wildman–Crippen LogP) is 3.68. The smallest absolute Gasteiger partial charge is 0.279 e. The Kier molecular flexibility index (Phi) is 4.27. The molecule has 1 aliphatic heterocycles. The second kappa shape index (κ2) is 6.89. The molecule has 3 aromatic rings. The number of benzene rings is 2. The Morgan fingerprint density at radius 2 is 1.89 bits per heavy atom. The third kappa shape index (κ3) is 3.23. The van der Waals surface area contributed by atoms with Crippen molar-refractivity contribution in [1.82, 2.24) is 10.2 Å². The predicted molar refractivity (Wildman–Crippen MR) is 103 cm³/mol. The number of nitrogens with zero attached hydrogens (tertiary/aromatic N) is 4. The van der Waals surface area contributed by atoms with Crippen molar-refractivity contribution in [3.05, 3.63) is 77.5 Å². The van der Waals surface area contributed by atoms with E-state index < -0.39 is 0 Å². The Labute approximate surface area is 157 Å². The first-order valence-electron chi connectivity index (χ1n) is 8.68. The number of carbonyl (C=O) groups excluding carboxylic acids is 1. The molecule has 1 aliphatic rings. The maximum absolute atomic E-state index is 12.9. The van der Waals surface area contributed by atoms with Crippen LogP contribution in [0.2, 0.25) is 0 Å². The lowest BCUT2D eigenvalue weighted by Gasteiger charge is -2.22. The molecule has 1 aromatic heterocycles. The molecule has 1 unspecified atom stereocenters. The molecule has 6 nitrogen and oxygen atoms in total. The third-order valence-corrected chi connectivity index (χ3v) is 4.60. The molecule has 1 N–H and O–H groups in total. The van der Waals surface area contributed by atoms with Gasteiger partial charge in [-0.15, -0.1) is 10.2 Å². The number of nitriles is 1. The second-order valence-corrected chi connectivity index (χ2v) is 6.47. The fraction of sp³-hybridized carbons (Fsp3) is 0.143. The number of amides is 1. The van der Waals surface area contributed by atoms with E-state index in [-0.39, 0.29) is 11.9 Å². The van der Waals surface area contributed by atoms with Gasteiger partial charge in [-0.25, -0.2) is 0 Å². The van der Waals surface area contributed by atoms with Crippen molar-refractivity contribution < 1.29 is 4.79 Å². The van der Waals surface area contributed by atoms with Crippen LogP contribution in [0.3, 0.4) is 0 Å². The van der Waals surface area contributed by atoms with E-state index in [1.165, 1.54) is 5.56 Å². The lowest BCUT2D eigenvalue weighted by Crippen LogP contribution is -2.36. The maximum atomic E-state index is 12.9. The first-order chi connectivity index (χ1) is 13.2. The summed E-state index contributed by atoms with van der Waals surface area (Å²) in [5, 5.41) is 20.2. The van der Waals surface area contributed by atoms with Crippen molar-refractivity contribution in [2.24, 2.45) is 0 Å². The molecule has 0 spiro atoms. The van der Waals surface area contributed by atoms with Crippen LogP contribution in [0.1, 0.15) is 28.5 Å². The minimum absolute atomic E-state index is 0.0909. The van der Waals surface area contributed by atoms with Crippen molar-refractivity contribution >= 4 is 23.1 Å². The van der Waals surface area contributed by atoms with Gasteiger partial charge < -0.3 is 10.2 Å². The van der Waals surface area contributed by atoms with E-state index in [0.29, 0.717) is 17.1 Å². The van der Waals surface area contributed by atoms with Crippen molar-refractivity contribution in [1.29, 1.82) is 5.26 Å². The summed E-state index contributed by atoms with van der Waals surface area (Å²) in [6.45, 7) is 2.03. The number of carbonyl (C=O) groups is 1. The standard InChI is InChI=1S/C21H17N5O/c1-14-12-16-4-2-3-5-19(16)26(14)21(27)18-10-11-20(25-24-18)23-17-8-6-15(13-22)7-9-17/h2-11,14H,12H2,1H3,(H,23,25). The third-order valence-electron chi connectivity index (χ3n) is 4.60. The van der Waals surface area contributed by atoms with Crippen molar-refractivity contribution in [3.8, 4) is 6.07 Å². The summed E-state index contributed by atoms with van der Waals surface area (Å²) >= 11 is 0. The van der Waals surface area contributed by atoms with Gasteiger partial charge in [0.15, 0.2) is 11.5 Å². The van der Waals surface area contributed by atoms with Crippen molar-refractivity contribution in [2.45, 2.75) is 19.4 Å². The molecular formula is C21H17N5O. The van der Waals surface area contributed by atoms with Crippen molar-refractivity contribution in [2.75, 3.05) is 10.2 Å². The average Bonchev–Trinajstić information content (AvgIpc) is 3.04. The van der Waals surface area contributed by atoms with Crippen LogP contribution in [0.15, 0.2) is 60.7 Å². The van der Waals surface area contributed by atoms with Gasteiger partial charge in [-0.05, 0) is 61.4 Å². The summed E-state index contributed by atoms with van der Waals surface area (Å²) in [5.41, 5.74) is 3.81. The zero-order valence-corrected chi connectivity index (χ0v) is 14.8. The molecule has 6 heteroatoms. The Balaban J connectivity index is 1.52. The molecule has 1 atom stereocenters. The number of aromatic nitrogens is 2. The van der Waals surface area contributed by atoms with Crippen LogP contribution in [0.5, 0.6) is 0 Å². The first-order valence-corrected chi connectivity index (χ1v) is 8.68. The van der Waals surface area contributed by atoms with Gasteiger partial charge in [0.05, 0.1) is 11.6 Å². The Morgan fingerprint density at radius 3 is 2.59 bits per heavy atom. The molecule has 0 bridgehead atoms. The highest BCUT2D eigenvalue weighted by atomic mass is 16.2. The fourth-order valence-corrected chi connectivity index (χ4v) is 3.29. The highest BCUT2D eigenvalue weighted by Gasteiger charge is 2.31. The minimum Gasteiger partial charge on any atom is -0.339 e. The lowest BCUT2D eigenvalue weighted by atomic mass is 10.1. The van der Waals surface area contributed by atoms with E-state index in [2.05, 4.69) is 27.6 Å². The van der Waals surface area contributed by atoms with Gasteiger partial charge in [0.1, 0.15) is 0 Å². The fourth-order valence-electron chi connectivity index (χ4n) is 3.29. The minimum atomic E-state index is -0.148. The second-order valence-electron chi connectivity index (χ2n) is 6.47. The summed E-state index contributed by atoms with van der Waals surface area (Å²) in [5.74, 6) is 0.385. The zero-order valence-electron chi connectivity index (χ0n) is 14.8. The van der Waals surface area contributed by atoms with E-state index in [4.69, 9.17) is 5.26 Å². The van der Waals surface area contributed by atoms with Gasteiger partial charge in [0.25, 0.3) is 5.91 Å². The molecule has 132 valence electrons. The highest BCUT2D eigenvalue weighted by molar-refractivity contribution is 6.06. The maximum Gasteiger partial charge on any atom is 0.279 e. The van der Waals surface area contributed by atoms with E-state index >= 15 is 0 Å². The summed E-state index contributed by atoms with van der Waals surface area (Å²) in [7, 11) is 0. The summed E-state index contributed by atoms with van der Waals surface area (Å²) in [4.78, 5) is 14.7. The van der Waals surface area contributed by atoms with Crippen LogP contribution in [-0.2, 0) is 6.42 Å². The number of anilines is 3. The van der Waals surface area contributed by atoms with Gasteiger partial charge in [0, 0.05) is 17.4 Å². The number of hydrogen-bond donors (Lipinski definition) is 1. The molecule has 2 aromatic carbocycles. The topological polar surface area (TPSA) is 81.9 Å². The molecule has 0 saturated heterocycles. The normalized spacial score (nSPS) is 15.1. The van der Waals surface area contributed by atoms with Crippen LogP contribution in [0.4, 0.5) is 17.2 Å². The van der Waals surface area contributed by atoms with Crippen LogP contribution in [-0.4, -0.2) is 22.1 Å². The van der Waals surface area contributed by atoms with Crippen LogP contribution in [0, 0.1) is 11.3 Å². The van der Waals surface area contributed by atoms with E-state index in [0.717, 1.165) is 17.8 Å². The number of nitrogens with one attached hydrogen (secondary N) is 1. The van der Waals surface area contributed by atoms with Gasteiger partial charge >= 0.3 is 0 Å². The molecular weight excluding hydrogens is 338 g/mol. The van der Waals surface area contributed by atoms with Gasteiger partial charge in [-0.3, -0.25) is 4.79 Å². The van der Waals surface area contributed by atoms with Crippen LogP contribution >= 0.6 is 0 Å². The highest BCUT2D eigenvalue weighted by Crippen LogP contribution is 2.32. The molecule has 0 saturated carbocycles. The van der Waals surface area contributed by atoms with Crippen LogP contribution < -0.4 is 10.2 Å².